The van der Waals surface area contributed by atoms with Gasteiger partial charge in [-0.05, 0) is 11.5 Å². The van der Waals surface area contributed by atoms with Crippen LogP contribution >= 0.6 is 0 Å². The van der Waals surface area contributed by atoms with E-state index in [9.17, 15) is 4.79 Å². The van der Waals surface area contributed by atoms with Crippen molar-refractivity contribution in [2.45, 2.75) is 26.3 Å². The smallest absolute Gasteiger partial charge is 0.325 e. The van der Waals surface area contributed by atoms with Crippen molar-refractivity contribution in [2.75, 3.05) is 0 Å². The van der Waals surface area contributed by atoms with Crippen molar-refractivity contribution in [1.82, 2.24) is 15.0 Å². The Hall–Kier alpha value is -2.17. The molecule has 0 saturated carbocycles. The predicted octanol–water partition coefficient (Wildman–Crippen LogP) is 2.15. The first-order valence-electron chi connectivity index (χ1n) is 5.78. The molecule has 0 spiro atoms. The molecule has 0 fully saturated rings. The van der Waals surface area contributed by atoms with Gasteiger partial charge >= 0.3 is 5.97 Å². The summed E-state index contributed by atoms with van der Waals surface area (Å²) in [7, 11) is 0. The van der Waals surface area contributed by atoms with Crippen LogP contribution in [0.15, 0.2) is 30.5 Å². The summed E-state index contributed by atoms with van der Waals surface area (Å²) in [5, 5.41) is 16.4. The molecule has 0 radical (unpaired) electrons. The Bertz CT molecular complexity index is 544. The lowest BCUT2D eigenvalue weighted by Gasteiger charge is -2.04. The summed E-state index contributed by atoms with van der Waals surface area (Å²) in [6, 6.07) is 8.06. The molecule has 1 aromatic heterocycles. The maximum Gasteiger partial charge on any atom is 0.325 e. The summed E-state index contributed by atoms with van der Waals surface area (Å²) in [6.45, 7) is 4.10. The van der Waals surface area contributed by atoms with Crippen LogP contribution in [0.1, 0.15) is 25.3 Å². The second kappa shape index (κ2) is 5.00. The predicted molar refractivity (Wildman–Crippen MR) is 67.2 cm³/mol. The third kappa shape index (κ3) is 2.74. The molecule has 0 bridgehead atoms. The quantitative estimate of drug-likeness (QED) is 0.896. The third-order valence-corrected chi connectivity index (χ3v) is 2.71. The van der Waals surface area contributed by atoms with Gasteiger partial charge in [-0.1, -0.05) is 43.3 Å². The van der Waals surface area contributed by atoms with E-state index in [1.807, 2.05) is 12.1 Å². The standard InChI is InChI=1S/C13H15N3O2/c1-9(2)10-3-5-11(6-4-10)12-7-16(15-14-12)8-13(17)18/h3-7,9H,8H2,1-2H3,(H,17,18). The number of aliphatic carboxylic acids is 1. The van der Waals surface area contributed by atoms with E-state index in [2.05, 4.69) is 36.3 Å². The molecule has 1 aromatic carbocycles. The van der Waals surface area contributed by atoms with E-state index in [1.54, 1.807) is 6.20 Å². The highest BCUT2D eigenvalue weighted by Crippen LogP contribution is 2.20. The van der Waals surface area contributed by atoms with E-state index in [0.717, 1.165) is 5.56 Å². The number of hydrogen-bond acceptors (Lipinski definition) is 3. The van der Waals surface area contributed by atoms with Gasteiger partial charge in [0.25, 0.3) is 0 Å². The van der Waals surface area contributed by atoms with Crippen LogP contribution in [-0.4, -0.2) is 26.1 Å². The Morgan fingerprint density at radius 3 is 2.56 bits per heavy atom. The van der Waals surface area contributed by atoms with Crippen molar-refractivity contribution >= 4 is 5.97 Å². The highest BCUT2D eigenvalue weighted by Gasteiger charge is 2.07. The van der Waals surface area contributed by atoms with E-state index in [-0.39, 0.29) is 6.54 Å². The molecule has 0 aliphatic carbocycles. The Morgan fingerprint density at radius 1 is 1.33 bits per heavy atom. The Kier molecular flexibility index (Phi) is 3.41. The lowest BCUT2D eigenvalue weighted by atomic mass is 10.0. The summed E-state index contributed by atoms with van der Waals surface area (Å²) in [4.78, 5) is 10.5. The maximum absolute atomic E-state index is 10.5. The molecule has 0 aliphatic rings. The number of nitrogens with zero attached hydrogens (tertiary/aromatic N) is 3. The summed E-state index contributed by atoms with van der Waals surface area (Å²) < 4.78 is 1.31. The van der Waals surface area contributed by atoms with Crippen LogP contribution in [0.5, 0.6) is 0 Å². The molecule has 0 unspecified atom stereocenters. The number of benzene rings is 1. The van der Waals surface area contributed by atoms with Gasteiger partial charge in [0.1, 0.15) is 12.2 Å². The zero-order valence-corrected chi connectivity index (χ0v) is 10.4. The fraction of sp³-hybridized carbons (Fsp3) is 0.308. The average molecular weight is 245 g/mol. The second-order valence-electron chi connectivity index (χ2n) is 4.47. The van der Waals surface area contributed by atoms with Gasteiger partial charge in [0.15, 0.2) is 0 Å². The van der Waals surface area contributed by atoms with E-state index in [4.69, 9.17) is 5.11 Å². The molecule has 1 heterocycles. The second-order valence-corrected chi connectivity index (χ2v) is 4.47. The average Bonchev–Trinajstić information content (AvgIpc) is 2.76. The third-order valence-electron chi connectivity index (χ3n) is 2.71. The van der Waals surface area contributed by atoms with E-state index < -0.39 is 5.97 Å². The Labute approximate surface area is 105 Å². The first kappa shape index (κ1) is 12.3. The molecule has 0 atom stereocenters. The zero-order valence-electron chi connectivity index (χ0n) is 10.4. The summed E-state index contributed by atoms with van der Waals surface area (Å²) in [5.41, 5.74) is 2.89. The van der Waals surface area contributed by atoms with Crippen molar-refractivity contribution in [2.24, 2.45) is 0 Å². The molecule has 2 aromatic rings. The van der Waals surface area contributed by atoms with Crippen LogP contribution < -0.4 is 0 Å². The minimum Gasteiger partial charge on any atom is -0.480 e. The van der Waals surface area contributed by atoms with Crippen molar-refractivity contribution in [1.29, 1.82) is 0 Å². The van der Waals surface area contributed by atoms with Crippen molar-refractivity contribution in [3.8, 4) is 11.3 Å². The normalized spacial score (nSPS) is 10.8. The lowest BCUT2D eigenvalue weighted by Crippen LogP contribution is -2.08. The maximum atomic E-state index is 10.5. The first-order chi connectivity index (χ1) is 8.56. The van der Waals surface area contributed by atoms with Crippen LogP contribution in [-0.2, 0) is 11.3 Å². The highest BCUT2D eigenvalue weighted by atomic mass is 16.4. The van der Waals surface area contributed by atoms with Gasteiger partial charge in [-0.3, -0.25) is 4.79 Å². The fourth-order valence-electron chi connectivity index (χ4n) is 1.69. The molecule has 18 heavy (non-hydrogen) atoms. The number of aromatic nitrogens is 3. The number of hydrogen-bond donors (Lipinski definition) is 1. The van der Waals surface area contributed by atoms with Crippen LogP contribution in [0.3, 0.4) is 0 Å². The Morgan fingerprint density at radius 2 is 2.00 bits per heavy atom. The first-order valence-corrected chi connectivity index (χ1v) is 5.78. The van der Waals surface area contributed by atoms with Crippen LogP contribution in [0.25, 0.3) is 11.3 Å². The highest BCUT2D eigenvalue weighted by molar-refractivity contribution is 5.66. The number of carboxylic acids is 1. The van der Waals surface area contributed by atoms with Gasteiger partial charge in [-0.15, -0.1) is 5.10 Å². The molecule has 0 saturated heterocycles. The number of carboxylic acid groups (broad SMARTS) is 1. The molecule has 1 N–H and O–H groups in total. The number of carbonyl (C=O) groups is 1. The van der Waals surface area contributed by atoms with E-state index in [0.29, 0.717) is 11.6 Å². The summed E-state index contributed by atoms with van der Waals surface area (Å²) in [6.07, 6.45) is 1.64. The van der Waals surface area contributed by atoms with Gasteiger partial charge in [0.2, 0.25) is 0 Å². The minimum absolute atomic E-state index is 0.170. The summed E-state index contributed by atoms with van der Waals surface area (Å²) in [5.74, 6) is -0.441. The van der Waals surface area contributed by atoms with E-state index in [1.165, 1.54) is 10.2 Å². The van der Waals surface area contributed by atoms with Crippen LogP contribution in [0.2, 0.25) is 0 Å². The molecule has 5 heteroatoms. The van der Waals surface area contributed by atoms with Gasteiger partial charge in [-0.25, -0.2) is 4.68 Å². The molecule has 5 nitrogen and oxygen atoms in total. The number of rotatable bonds is 4. The zero-order chi connectivity index (χ0) is 13.1. The van der Waals surface area contributed by atoms with Gasteiger partial charge in [0, 0.05) is 5.56 Å². The largest absolute Gasteiger partial charge is 0.480 e. The lowest BCUT2D eigenvalue weighted by molar-refractivity contribution is -0.137. The molecule has 0 aliphatic heterocycles. The van der Waals surface area contributed by atoms with Crippen LogP contribution in [0.4, 0.5) is 0 Å². The molecule has 2 rings (SSSR count). The van der Waals surface area contributed by atoms with Gasteiger partial charge in [-0.2, -0.15) is 0 Å². The molecular formula is C13H15N3O2. The summed E-state index contributed by atoms with van der Waals surface area (Å²) >= 11 is 0. The van der Waals surface area contributed by atoms with Crippen molar-refractivity contribution in [3.05, 3.63) is 36.0 Å². The monoisotopic (exact) mass is 245 g/mol. The molecular weight excluding hydrogens is 230 g/mol. The Balaban J connectivity index is 2.20. The van der Waals surface area contributed by atoms with Crippen molar-refractivity contribution in [3.63, 3.8) is 0 Å². The fourth-order valence-corrected chi connectivity index (χ4v) is 1.69. The topological polar surface area (TPSA) is 68.0 Å². The van der Waals surface area contributed by atoms with Gasteiger partial charge in [0.05, 0.1) is 6.20 Å². The molecule has 0 amide bonds. The molecule has 94 valence electrons. The van der Waals surface area contributed by atoms with Crippen molar-refractivity contribution < 1.29 is 9.90 Å². The van der Waals surface area contributed by atoms with Gasteiger partial charge < -0.3 is 5.11 Å². The van der Waals surface area contributed by atoms with Crippen LogP contribution in [0, 0.1) is 0 Å². The minimum atomic E-state index is -0.929. The van der Waals surface area contributed by atoms with E-state index >= 15 is 0 Å². The SMILES string of the molecule is CC(C)c1ccc(-c2cn(CC(=O)O)nn2)cc1.